The number of carboxylic acids is 1. The highest BCUT2D eigenvalue weighted by Crippen LogP contribution is 2.46. The largest absolute Gasteiger partial charge is 0.508 e. The Kier molecular flexibility index (Phi) is 7.12. The number of fused-ring (bicyclic) bond motifs is 1. The van der Waals surface area contributed by atoms with E-state index in [1.807, 2.05) is 0 Å². The molecular formula is C23H26O12. The number of aromatic hydroxyl groups is 1. The quantitative estimate of drug-likeness (QED) is 0.214. The predicted octanol–water partition coefficient (Wildman–Crippen LogP) is -0.749. The fourth-order valence-corrected chi connectivity index (χ4v) is 4.48. The lowest BCUT2D eigenvalue weighted by molar-refractivity contribution is -0.339. The molecule has 0 spiro atoms. The van der Waals surface area contributed by atoms with Gasteiger partial charge in [0.05, 0.1) is 29.4 Å². The Bertz CT molecular complexity index is 1000. The van der Waals surface area contributed by atoms with Crippen LogP contribution in [-0.4, -0.2) is 92.3 Å². The molecule has 12 heteroatoms. The third-order valence-corrected chi connectivity index (χ3v) is 6.45. The van der Waals surface area contributed by atoms with Gasteiger partial charge < -0.3 is 49.6 Å². The smallest absolute Gasteiger partial charge is 0.338 e. The second-order valence-corrected chi connectivity index (χ2v) is 8.64. The van der Waals surface area contributed by atoms with Crippen LogP contribution in [0, 0.1) is 11.8 Å². The van der Waals surface area contributed by atoms with Gasteiger partial charge in [0.15, 0.2) is 6.29 Å². The highest BCUT2D eigenvalue weighted by molar-refractivity contribution is 5.89. The average molecular weight is 494 g/mol. The van der Waals surface area contributed by atoms with Crippen molar-refractivity contribution in [2.24, 2.45) is 11.8 Å². The molecule has 190 valence electrons. The van der Waals surface area contributed by atoms with Crippen LogP contribution in [0.2, 0.25) is 0 Å². The maximum atomic E-state index is 12.2. The topological polar surface area (TPSA) is 192 Å². The fourth-order valence-electron chi connectivity index (χ4n) is 4.48. The standard InChI is InChI=1S/C23H26O12/c1-9-14(25)6-12-13(20(29)30)7-33-22(16(9)12)35-23-19(28)18(27)17(26)15(34-23)8-32-21(31)10-2-4-11(24)5-3-10/h2-5,7,12,14-19,22-28H,1,6,8H2,(H,29,30)/t12-,14-,15-,16-,17-,18+,19-,22+,23+/m1/s1. The highest BCUT2D eigenvalue weighted by Gasteiger charge is 2.52. The first-order valence-corrected chi connectivity index (χ1v) is 10.8. The van der Waals surface area contributed by atoms with E-state index < -0.39 is 73.5 Å². The Labute approximate surface area is 199 Å². The molecule has 2 fully saturated rings. The number of aliphatic carboxylic acids is 1. The SMILES string of the molecule is C=C1[C@H]2[C@H](O[C@@H]3O[C@H](COC(=O)c4ccc(O)cc4)[C@@H](O)[C@H](O)[C@H]3O)OC=C(C(=O)O)[C@H]2C[C@H]1O. The van der Waals surface area contributed by atoms with Crippen molar-refractivity contribution in [2.45, 2.75) is 49.5 Å². The number of phenols is 1. The van der Waals surface area contributed by atoms with Crippen molar-refractivity contribution in [3.05, 3.63) is 53.8 Å². The van der Waals surface area contributed by atoms with Gasteiger partial charge in [-0.1, -0.05) is 6.58 Å². The zero-order chi connectivity index (χ0) is 25.4. The maximum Gasteiger partial charge on any atom is 0.338 e. The molecule has 6 N–H and O–H groups in total. The van der Waals surface area contributed by atoms with Gasteiger partial charge in [-0.15, -0.1) is 0 Å². The van der Waals surface area contributed by atoms with E-state index in [2.05, 4.69) is 6.58 Å². The van der Waals surface area contributed by atoms with Crippen molar-refractivity contribution in [3.8, 4) is 5.75 Å². The van der Waals surface area contributed by atoms with Gasteiger partial charge in [0.1, 0.15) is 36.8 Å². The molecule has 2 heterocycles. The Morgan fingerprint density at radius 2 is 1.71 bits per heavy atom. The summed E-state index contributed by atoms with van der Waals surface area (Å²) in [5.41, 5.74) is 0.353. The zero-order valence-electron chi connectivity index (χ0n) is 18.3. The summed E-state index contributed by atoms with van der Waals surface area (Å²) < 4.78 is 21.8. The molecule has 1 saturated heterocycles. The second-order valence-electron chi connectivity index (χ2n) is 8.64. The third kappa shape index (κ3) is 4.89. The van der Waals surface area contributed by atoms with Gasteiger partial charge in [-0.2, -0.15) is 0 Å². The molecule has 1 saturated carbocycles. The molecule has 12 nitrogen and oxygen atoms in total. The highest BCUT2D eigenvalue weighted by atomic mass is 16.8. The molecule has 3 aliphatic rings. The normalized spacial score (nSPS) is 36.6. The lowest BCUT2D eigenvalue weighted by atomic mass is 9.85. The molecule has 0 radical (unpaired) electrons. The number of esters is 1. The number of aliphatic hydroxyl groups is 4. The fraction of sp³-hybridized carbons (Fsp3) is 0.478. The van der Waals surface area contributed by atoms with Crippen LogP contribution < -0.4 is 0 Å². The molecule has 1 aliphatic carbocycles. The minimum atomic E-state index is -1.73. The van der Waals surface area contributed by atoms with Gasteiger partial charge in [0.25, 0.3) is 0 Å². The van der Waals surface area contributed by atoms with Crippen LogP contribution in [-0.2, 0) is 23.7 Å². The van der Waals surface area contributed by atoms with Crippen molar-refractivity contribution in [1.29, 1.82) is 0 Å². The Balaban J connectivity index is 1.45. The molecule has 0 bridgehead atoms. The van der Waals surface area contributed by atoms with Gasteiger partial charge >= 0.3 is 11.9 Å². The molecule has 1 aromatic carbocycles. The predicted molar refractivity (Wildman–Crippen MR) is 113 cm³/mol. The first-order valence-electron chi connectivity index (χ1n) is 10.8. The van der Waals surface area contributed by atoms with E-state index in [1.54, 1.807) is 0 Å². The van der Waals surface area contributed by atoms with E-state index in [0.29, 0.717) is 0 Å². The van der Waals surface area contributed by atoms with Crippen LogP contribution in [0.1, 0.15) is 16.8 Å². The third-order valence-electron chi connectivity index (χ3n) is 6.45. The van der Waals surface area contributed by atoms with Crippen LogP contribution in [0.4, 0.5) is 0 Å². The van der Waals surface area contributed by atoms with Crippen LogP contribution in [0.15, 0.2) is 48.3 Å². The lowest BCUT2D eigenvalue weighted by Crippen LogP contribution is -2.60. The number of benzene rings is 1. The molecule has 0 aromatic heterocycles. The summed E-state index contributed by atoms with van der Waals surface area (Å²) in [6.07, 6.45) is -9.03. The van der Waals surface area contributed by atoms with Crippen LogP contribution in [0.3, 0.4) is 0 Å². The Morgan fingerprint density at radius 3 is 2.37 bits per heavy atom. The van der Waals surface area contributed by atoms with Crippen molar-refractivity contribution in [2.75, 3.05) is 6.61 Å². The number of rotatable bonds is 6. The van der Waals surface area contributed by atoms with E-state index in [1.165, 1.54) is 24.3 Å². The molecule has 0 amide bonds. The van der Waals surface area contributed by atoms with Crippen LogP contribution in [0.25, 0.3) is 0 Å². The summed E-state index contributed by atoms with van der Waals surface area (Å²) in [5.74, 6) is -3.47. The minimum Gasteiger partial charge on any atom is -0.508 e. The summed E-state index contributed by atoms with van der Waals surface area (Å²) in [6.45, 7) is 3.30. The molecular weight excluding hydrogens is 468 g/mol. The monoisotopic (exact) mass is 494 g/mol. The zero-order valence-corrected chi connectivity index (χ0v) is 18.3. The van der Waals surface area contributed by atoms with Gasteiger partial charge in [-0.25, -0.2) is 9.59 Å². The molecule has 0 unspecified atom stereocenters. The van der Waals surface area contributed by atoms with Gasteiger partial charge in [-0.3, -0.25) is 0 Å². The second kappa shape index (κ2) is 9.93. The van der Waals surface area contributed by atoms with E-state index in [-0.39, 0.29) is 28.9 Å². The van der Waals surface area contributed by atoms with Crippen LogP contribution in [0.5, 0.6) is 5.75 Å². The first kappa shape index (κ1) is 25.1. The number of aliphatic hydroxyl groups excluding tert-OH is 4. The minimum absolute atomic E-state index is 0.0420. The summed E-state index contributed by atoms with van der Waals surface area (Å²) in [4.78, 5) is 23.8. The summed E-state index contributed by atoms with van der Waals surface area (Å²) in [5, 5.41) is 60.0. The van der Waals surface area contributed by atoms with Crippen molar-refractivity contribution < 1.29 is 59.2 Å². The van der Waals surface area contributed by atoms with Crippen LogP contribution >= 0.6 is 0 Å². The molecule has 4 rings (SSSR count). The first-order chi connectivity index (χ1) is 16.6. The number of hydrogen-bond acceptors (Lipinski definition) is 11. The van der Waals surface area contributed by atoms with E-state index in [4.69, 9.17) is 18.9 Å². The number of ether oxygens (including phenoxy) is 4. The van der Waals surface area contributed by atoms with E-state index in [0.717, 1.165) is 6.26 Å². The van der Waals surface area contributed by atoms with Gasteiger partial charge in [0, 0.05) is 5.92 Å². The van der Waals surface area contributed by atoms with E-state index in [9.17, 15) is 40.2 Å². The van der Waals surface area contributed by atoms with Crippen molar-refractivity contribution in [1.82, 2.24) is 0 Å². The lowest BCUT2D eigenvalue weighted by Gasteiger charge is -2.42. The molecule has 2 aliphatic heterocycles. The molecule has 35 heavy (non-hydrogen) atoms. The number of carbonyl (C=O) groups is 2. The number of phenolic OH excluding ortho intramolecular Hbond substituents is 1. The number of hydrogen-bond donors (Lipinski definition) is 6. The van der Waals surface area contributed by atoms with E-state index >= 15 is 0 Å². The van der Waals surface area contributed by atoms with Crippen molar-refractivity contribution >= 4 is 11.9 Å². The van der Waals surface area contributed by atoms with Gasteiger partial charge in [-0.05, 0) is 36.3 Å². The maximum absolute atomic E-state index is 12.2. The number of carboxylic acid groups (broad SMARTS) is 1. The van der Waals surface area contributed by atoms with Gasteiger partial charge in [0.2, 0.25) is 6.29 Å². The molecule has 1 aromatic rings. The average Bonchev–Trinajstić information content (AvgIpc) is 3.13. The Hall–Kier alpha value is -3.00. The summed E-state index contributed by atoms with van der Waals surface area (Å²) >= 11 is 0. The number of carbonyl (C=O) groups excluding carboxylic acids is 1. The Morgan fingerprint density at radius 1 is 1.03 bits per heavy atom. The summed E-state index contributed by atoms with van der Waals surface area (Å²) in [6, 6.07) is 5.25. The molecule has 9 atom stereocenters. The van der Waals surface area contributed by atoms with Crippen molar-refractivity contribution in [3.63, 3.8) is 0 Å². The summed E-state index contributed by atoms with van der Waals surface area (Å²) in [7, 11) is 0.